The molecule has 1 N–H and O–H groups in total. The van der Waals surface area contributed by atoms with Crippen LogP contribution in [0.1, 0.15) is 5.56 Å². The van der Waals surface area contributed by atoms with E-state index in [0.29, 0.717) is 12.3 Å². The molecule has 0 unspecified atom stereocenters. The number of amides is 1. The van der Waals surface area contributed by atoms with Crippen molar-refractivity contribution in [1.82, 2.24) is 9.62 Å². The number of alkyl halides is 1. The Bertz CT molecular complexity index is 526. The molecule has 0 radical (unpaired) electrons. The van der Waals surface area contributed by atoms with Gasteiger partial charge in [-0.15, -0.1) is 11.6 Å². The van der Waals surface area contributed by atoms with Gasteiger partial charge in [0.2, 0.25) is 15.9 Å². The Kier molecular flexibility index (Phi) is 5.78. The first-order valence-electron chi connectivity index (χ1n) is 5.71. The van der Waals surface area contributed by atoms with E-state index in [1.807, 2.05) is 0 Å². The van der Waals surface area contributed by atoms with Crippen LogP contribution in [0.5, 0.6) is 0 Å². The highest BCUT2D eigenvalue weighted by atomic mass is 35.5. The zero-order chi connectivity index (χ0) is 14.5. The quantitative estimate of drug-likeness (QED) is 0.792. The lowest BCUT2D eigenvalue weighted by Gasteiger charge is -2.11. The van der Waals surface area contributed by atoms with Crippen LogP contribution in [0.3, 0.4) is 0 Å². The predicted molar refractivity (Wildman–Crippen MR) is 74.7 cm³/mol. The molecule has 0 aliphatic carbocycles. The van der Waals surface area contributed by atoms with Crippen molar-refractivity contribution in [1.29, 1.82) is 0 Å². The van der Waals surface area contributed by atoms with Crippen molar-refractivity contribution in [2.45, 2.75) is 11.3 Å². The van der Waals surface area contributed by atoms with Crippen LogP contribution in [0.25, 0.3) is 0 Å². The Morgan fingerprint density at radius 3 is 2.32 bits per heavy atom. The molecule has 0 bridgehead atoms. The number of carbonyl (C=O) groups is 1. The smallest absolute Gasteiger partial charge is 0.241 e. The van der Waals surface area contributed by atoms with Crippen LogP contribution in [0.4, 0.5) is 0 Å². The summed E-state index contributed by atoms with van der Waals surface area (Å²) in [6.07, 6.45) is 0.689. The number of sulfonamides is 1. The molecule has 0 aromatic heterocycles. The number of benzene rings is 1. The summed E-state index contributed by atoms with van der Waals surface area (Å²) in [7, 11) is -0.517. The van der Waals surface area contributed by atoms with Gasteiger partial charge in [-0.1, -0.05) is 12.1 Å². The van der Waals surface area contributed by atoms with Crippen molar-refractivity contribution in [2.75, 3.05) is 26.5 Å². The minimum Gasteiger partial charge on any atom is -0.348 e. The zero-order valence-corrected chi connectivity index (χ0v) is 12.5. The fourth-order valence-corrected chi connectivity index (χ4v) is 2.54. The molecule has 0 aliphatic rings. The number of likely N-dealkylation sites (N-methyl/N-ethyl adjacent to an activating group) is 1. The van der Waals surface area contributed by atoms with Crippen LogP contribution in [-0.4, -0.2) is 45.7 Å². The molecule has 5 nitrogen and oxygen atoms in total. The molecule has 106 valence electrons. The van der Waals surface area contributed by atoms with Gasteiger partial charge < -0.3 is 4.90 Å². The van der Waals surface area contributed by atoms with Gasteiger partial charge in [-0.3, -0.25) is 4.79 Å². The average Bonchev–Trinajstić information content (AvgIpc) is 2.37. The van der Waals surface area contributed by atoms with Crippen LogP contribution >= 0.6 is 11.6 Å². The molecule has 0 saturated heterocycles. The standard InChI is InChI=1S/C12H17ClN2O3S/c1-15(2)12(16)9-14-19(17,18)11-5-3-10(4-6-11)7-8-13/h3-6,14H,7-9H2,1-2H3. The summed E-state index contributed by atoms with van der Waals surface area (Å²) in [5, 5.41) is 0. The van der Waals surface area contributed by atoms with Gasteiger partial charge in [0.25, 0.3) is 0 Å². The lowest BCUT2D eigenvalue weighted by molar-refractivity contribution is -0.127. The molecule has 19 heavy (non-hydrogen) atoms. The summed E-state index contributed by atoms with van der Waals surface area (Å²) in [5.41, 5.74) is 0.971. The number of nitrogens with zero attached hydrogens (tertiary/aromatic N) is 1. The van der Waals surface area contributed by atoms with E-state index in [1.54, 1.807) is 26.2 Å². The maximum atomic E-state index is 11.9. The fourth-order valence-electron chi connectivity index (χ4n) is 1.34. The van der Waals surface area contributed by atoms with Crippen molar-refractivity contribution in [2.24, 2.45) is 0 Å². The van der Waals surface area contributed by atoms with Crippen LogP contribution in [-0.2, 0) is 21.2 Å². The van der Waals surface area contributed by atoms with E-state index in [2.05, 4.69) is 4.72 Å². The fraction of sp³-hybridized carbons (Fsp3) is 0.417. The minimum absolute atomic E-state index is 0.136. The van der Waals surface area contributed by atoms with E-state index in [9.17, 15) is 13.2 Å². The van der Waals surface area contributed by atoms with Gasteiger partial charge in [0.15, 0.2) is 0 Å². The molecule has 0 fully saturated rings. The molecule has 1 amide bonds. The van der Waals surface area contributed by atoms with E-state index in [-0.39, 0.29) is 17.3 Å². The second-order valence-corrected chi connectivity index (χ2v) is 6.34. The normalized spacial score (nSPS) is 11.3. The number of nitrogens with one attached hydrogen (secondary N) is 1. The lowest BCUT2D eigenvalue weighted by Crippen LogP contribution is -2.36. The van der Waals surface area contributed by atoms with Crippen LogP contribution in [0.2, 0.25) is 0 Å². The van der Waals surface area contributed by atoms with Crippen molar-refractivity contribution in [3.63, 3.8) is 0 Å². The first-order valence-corrected chi connectivity index (χ1v) is 7.73. The maximum Gasteiger partial charge on any atom is 0.241 e. The number of rotatable bonds is 6. The summed E-state index contributed by atoms with van der Waals surface area (Å²) in [6, 6.07) is 6.43. The largest absolute Gasteiger partial charge is 0.348 e. The van der Waals surface area contributed by atoms with E-state index in [1.165, 1.54) is 17.0 Å². The Morgan fingerprint density at radius 2 is 1.84 bits per heavy atom. The SMILES string of the molecule is CN(C)C(=O)CNS(=O)(=O)c1ccc(CCCl)cc1. The molecular weight excluding hydrogens is 288 g/mol. The zero-order valence-electron chi connectivity index (χ0n) is 10.9. The van der Waals surface area contributed by atoms with Crippen molar-refractivity contribution in [3.05, 3.63) is 29.8 Å². The average molecular weight is 305 g/mol. The second-order valence-electron chi connectivity index (χ2n) is 4.20. The molecule has 0 heterocycles. The van der Waals surface area contributed by atoms with E-state index >= 15 is 0 Å². The highest BCUT2D eigenvalue weighted by Gasteiger charge is 2.15. The summed E-state index contributed by atoms with van der Waals surface area (Å²) in [6.45, 7) is -0.251. The summed E-state index contributed by atoms with van der Waals surface area (Å²) in [4.78, 5) is 12.8. The van der Waals surface area contributed by atoms with Gasteiger partial charge in [-0.05, 0) is 24.1 Å². The number of halogens is 1. The number of hydrogen-bond acceptors (Lipinski definition) is 3. The van der Waals surface area contributed by atoms with E-state index < -0.39 is 10.0 Å². The predicted octanol–water partition coefficient (Wildman–Crippen LogP) is 0.834. The monoisotopic (exact) mass is 304 g/mol. The van der Waals surface area contributed by atoms with Gasteiger partial charge in [0.1, 0.15) is 0 Å². The second kappa shape index (κ2) is 6.88. The van der Waals surface area contributed by atoms with Gasteiger partial charge in [-0.2, -0.15) is 0 Å². The maximum absolute atomic E-state index is 11.9. The molecule has 0 saturated carbocycles. The molecule has 1 rings (SSSR count). The molecule has 7 heteroatoms. The molecule has 0 aliphatic heterocycles. The van der Waals surface area contributed by atoms with Gasteiger partial charge in [-0.25, -0.2) is 13.1 Å². The van der Waals surface area contributed by atoms with Crippen molar-refractivity contribution in [3.8, 4) is 0 Å². The Labute approximate surface area is 118 Å². The van der Waals surface area contributed by atoms with Crippen LogP contribution in [0.15, 0.2) is 29.2 Å². The number of aryl methyl sites for hydroxylation is 1. The lowest BCUT2D eigenvalue weighted by atomic mass is 10.2. The summed E-state index contributed by atoms with van der Waals surface area (Å²) >= 11 is 5.61. The van der Waals surface area contributed by atoms with Crippen molar-refractivity contribution >= 4 is 27.5 Å². The Morgan fingerprint density at radius 1 is 1.26 bits per heavy atom. The van der Waals surface area contributed by atoms with Crippen LogP contribution < -0.4 is 4.72 Å². The van der Waals surface area contributed by atoms with Crippen molar-refractivity contribution < 1.29 is 13.2 Å². The molecular formula is C12H17ClN2O3S. The highest BCUT2D eigenvalue weighted by molar-refractivity contribution is 7.89. The summed E-state index contributed by atoms with van der Waals surface area (Å²) < 4.78 is 26.1. The van der Waals surface area contributed by atoms with Gasteiger partial charge in [0, 0.05) is 20.0 Å². The minimum atomic E-state index is -3.65. The summed E-state index contributed by atoms with van der Waals surface area (Å²) in [5.74, 6) is 0.184. The van der Waals surface area contributed by atoms with E-state index in [0.717, 1.165) is 5.56 Å². The first-order chi connectivity index (χ1) is 8.86. The third kappa shape index (κ3) is 4.81. The van der Waals surface area contributed by atoms with Crippen LogP contribution in [0, 0.1) is 0 Å². The molecule has 1 aromatic carbocycles. The molecule has 1 aromatic rings. The molecule has 0 spiro atoms. The number of carbonyl (C=O) groups excluding carboxylic acids is 1. The van der Waals surface area contributed by atoms with Gasteiger partial charge in [0.05, 0.1) is 11.4 Å². The topological polar surface area (TPSA) is 66.5 Å². The third-order valence-electron chi connectivity index (χ3n) is 2.53. The third-order valence-corrected chi connectivity index (χ3v) is 4.14. The first kappa shape index (κ1) is 15.9. The van der Waals surface area contributed by atoms with E-state index in [4.69, 9.17) is 11.6 Å². The number of hydrogen-bond donors (Lipinski definition) is 1. The Balaban J connectivity index is 2.74. The molecule has 0 atom stereocenters. The van der Waals surface area contributed by atoms with Gasteiger partial charge >= 0.3 is 0 Å². The highest BCUT2D eigenvalue weighted by Crippen LogP contribution is 2.11. The Hall–Kier alpha value is -1.11.